The van der Waals surface area contributed by atoms with Gasteiger partial charge in [-0.3, -0.25) is 0 Å². The van der Waals surface area contributed by atoms with Crippen molar-refractivity contribution in [3.63, 3.8) is 0 Å². The number of halogens is 4. The van der Waals surface area contributed by atoms with Crippen LogP contribution in [0.25, 0.3) is 33.4 Å². The summed E-state index contributed by atoms with van der Waals surface area (Å²) in [5, 5.41) is 1.54. The van der Waals surface area contributed by atoms with Crippen LogP contribution in [0.3, 0.4) is 0 Å². The number of benzene rings is 6. The van der Waals surface area contributed by atoms with E-state index in [-0.39, 0.29) is 35.6 Å². The summed E-state index contributed by atoms with van der Waals surface area (Å²) in [5.74, 6) is 0. The molecule has 0 unspecified atom stereocenters. The van der Waals surface area contributed by atoms with E-state index >= 15 is 0 Å². The molecule has 0 saturated carbocycles. The molecule has 56 heavy (non-hydrogen) atoms. The van der Waals surface area contributed by atoms with Crippen molar-refractivity contribution in [2.75, 3.05) is 0 Å². The van der Waals surface area contributed by atoms with Crippen LogP contribution in [0.5, 0.6) is 0 Å². The molecular formula is C51H46Cl4Hf-2. The quantitative estimate of drug-likeness (QED) is 0.123. The van der Waals surface area contributed by atoms with Gasteiger partial charge in [0.25, 0.3) is 0 Å². The van der Waals surface area contributed by atoms with Crippen molar-refractivity contribution in [3.8, 4) is 33.4 Å². The van der Waals surface area contributed by atoms with E-state index in [0.717, 1.165) is 40.4 Å². The van der Waals surface area contributed by atoms with Crippen LogP contribution in [0.1, 0.15) is 74.9 Å². The molecule has 0 heterocycles. The summed E-state index contributed by atoms with van der Waals surface area (Å²) in [7, 11) is 0. The fraction of sp³-hybridized carbons (Fsp3) is 0.176. The van der Waals surface area contributed by atoms with Crippen molar-refractivity contribution < 1.29 is 48.7 Å². The Balaban J connectivity index is 0.000000252. The molecule has 0 aromatic heterocycles. The molecule has 8 rings (SSSR count). The Morgan fingerprint density at radius 2 is 1.05 bits per heavy atom. The smallest absolute Gasteiger partial charge is 0.172 e. The SMILES string of the molecule is CC(C)(C)c1cc2c([c-]c1-c1ccccc1)Cc1cc(-c3ccccc3)c(C(C)(C)C)cc1-2.Clc1cccc([C](=[Hf+2])c2cccc(Cl)c2)c1.[Cl-].[Cl-].c1cc[cH-]c1. The summed E-state index contributed by atoms with van der Waals surface area (Å²) in [6, 6.07) is 58.7. The van der Waals surface area contributed by atoms with Gasteiger partial charge < -0.3 is 24.8 Å². The van der Waals surface area contributed by atoms with Gasteiger partial charge in [-0.25, -0.2) is 12.1 Å². The Hall–Kier alpha value is -3.43. The molecule has 0 spiro atoms. The summed E-state index contributed by atoms with van der Waals surface area (Å²) in [5.41, 5.74) is 15.9. The van der Waals surface area contributed by atoms with E-state index in [2.05, 4.69) is 139 Å². The first-order valence-electron chi connectivity index (χ1n) is 18.4. The topological polar surface area (TPSA) is 0 Å². The van der Waals surface area contributed by atoms with Crippen molar-refractivity contribution in [1.29, 1.82) is 0 Å². The van der Waals surface area contributed by atoms with Crippen LogP contribution in [-0.2, 0) is 41.1 Å². The molecule has 1 aliphatic carbocycles. The molecule has 1 aliphatic rings. The molecule has 7 aromatic carbocycles. The number of fused-ring (bicyclic) bond motifs is 3. The van der Waals surface area contributed by atoms with E-state index in [1.165, 1.54) is 70.0 Å². The minimum absolute atomic E-state index is 0. The van der Waals surface area contributed by atoms with Gasteiger partial charge in [0.2, 0.25) is 0 Å². The molecule has 0 nitrogen and oxygen atoms in total. The van der Waals surface area contributed by atoms with E-state index < -0.39 is 0 Å². The first kappa shape index (κ1) is 45.3. The van der Waals surface area contributed by atoms with E-state index in [0.29, 0.717) is 0 Å². The molecule has 0 atom stereocenters. The molecule has 0 aliphatic heterocycles. The predicted molar refractivity (Wildman–Crippen MR) is 230 cm³/mol. The van der Waals surface area contributed by atoms with E-state index in [9.17, 15) is 0 Å². The van der Waals surface area contributed by atoms with E-state index in [4.69, 9.17) is 23.2 Å². The van der Waals surface area contributed by atoms with Gasteiger partial charge in [0.15, 0.2) is 0 Å². The van der Waals surface area contributed by atoms with Gasteiger partial charge >= 0.3 is 120 Å². The molecular weight excluding hydrogens is 933 g/mol. The predicted octanol–water partition coefficient (Wildman–Crippen LogP) is 8.51. The van der Waals surface area contributed by atoms with Crippen molar-refractivity contribution >= 4 is 26.5 Å². The van der Waals surface area contributed by atoms with Crippen LogP contribution in [0.15, 0.2) is 158 Å². The Morgan fingerprint density at radius 1 is 0.554 bits per heavy atom. The third-order valence-electron chi connectivity index (χ3n) is 9.61. The van der Waals surface area contributed by atoms with Crippen molar-refractivity contribution in [1.82, 2.24) is 0 Å². The summed E-state index contributed by atoms with van der Waals surface area (Å²) in [6.07, 6.45) is 0.944. The Kier molecular flexibility index (Phi) is 16.0. The second-order valence-corrected chi connectivity index (χ2v) is 18.4. The average Bonchev–Trinajstić information content (AvgIpc) is 3.86. The third kappa shape index (κ3) is 11.1. The zero-order valence-electron chi connectivity index (χ0n) is 32.7. The monoisotopic (exact) mass is 978 g/mol. The largest absolute Gasteiger partial charge is 1.00 e. The maximum atomic E-state index is 5.98. The van der Waals surface area contributed by atoms with Gasteiger partial charge in [-0.15, -0.1) is 28.8 Å². The van der Waals surface area contributed by atoms with Gasteiger partial charge in [-0.2, -0.15) is 18.2 Å². The summed E-state index contributed by atoms with van der Waals surface area (Å²) in [6.45, 7) is 13.9. The summed E-state index contributed by atoms with van der Waals surface area (Å²) >= 11 is 12.9. The fourth-order valence-corrected chi connectivity index (χ4v) is 8.38. The van der Waals surface area contributed by atoms with Crippen molar-refractivity contribution in [2.45, 2.75) is 58.8 Å². The van der Waals surface area contributed by atoms with Gasteiger partial charge in [0.1, 0.15) is 0 Å². The molecule has 5 heteroatoms. The van der Waals surface area contributed by atoms with Crippen LogP contribution in [0, 0.1) is 6.07 Å². The molecule has 0 radical (unpaired) electrons. The molecule has 0 saturated heterocycles. The zero-order chi connectivity index (χ0) is 38.5. The number of hydrogen-bond donors (Lipinski definition) is 0. The van der Waals surface area contributed by atoms with E-state index in [1.54, 1.807) is 0 Å². The zero-order valence-corrected chi connectivity index (χ0v) is 39.3. The van der Waals surface area contributed by atoms with Crippen LogP contribution < -0.4 is 24.8 Å². The molecule has 7 aromatic rings. The minimum atomic E-state index is 0. The van der Waals surface area contributed by atoms with Crippen LogP contribution in [-0.4, -0.2) is 3.26 Å². The number of rotatable bonds is 4. The van der Waals surface area contributed by atoms with Gasteiger partial charge in [-0.05, 0) is 39.5 Å². The minimum Gasteiger partial charge on any atom is -1.00 e. The van der Waals surface area contributed by atoms with Crippen LogP contribution in [0.2, 0.25) is 10.0 Å². The maximum Gasteiger partial charge on any atom is -0.172 e. The molecule has 0 bridgehead atoms. The second kappa shape index (κ2) is 19.8. The molecule has 284 valence electrons. The average molecular weight is 979 g/mol. The van der Waals surface area contributed by atoms with Gasteiger partial charge in [0, 0.05) is 0 Å². The van der Waals surface area contributed by atoms with Gasteiger partial charge in [-0.1, -0.05) is 131 Å². The second-order valence-electron chi connectivity index (χ2n) is 15.8. The molecule has 0 N–H and O–H groups in total. The molecule has 0 amide bonds. The Bertz CT molecular complexity index is 2180. The standard InChI is InChI=1S/C33H33.C13H8Cl2.C5H5.2ClH.Hf/c1-32(2,3)30-20-26-24(18-28(30)22-13-9-7-10-14-22)17-25-19-29(23-15-11-8-12-16-23)31(21-27(25)26)33(4,5)6;14-12-5-1-3-10(8-12)7-11-4-2-6-13(15)9-11;1-2-4-5-3-1;;;/h7-16,18,20-21H,17H2,1-6H3;1-6,8-9H;1-5H;2*1H;/q-1;;-1;;;+2/p-2. The molecule has 0 fully saturated rings. The van der Waals surface area contributed by atoms with Crippen molar-refractivity contribution in [3.05, 3.63) is 207 Å². The Morgan fingerprint density at radius 3 is 1.52 bits per heavy atom. The third-order valence-corrected chi connectivity index (χ3v) is 12.1. The van der Waals surface area contributed by atoms with Crippen LogP contribution in [0.4, 0.5) is 0 Å². The Labute approximate surface area is 371 Å². The van der Waals surface area contributed by atoms with Crippen LogP contribution >= 0.6 is 23.2 Å². The normalized spacial score (nSPS) is 11.3. The number of hydrogen-bond acceptors (Lipinski definition) is 0. The summed E-state index contributed by atoms with van der Waals surface area (Å²) < 4.78 is 1.31. The maximum absolute atomic E-state index is 5.98. The fourth-order valence-electron chi connectivity index (χ4n) is 6.88. The first-order chi connectivity index (χ1) is 25.8. The first-order valence-corrected chi connectivity index (χ1v) is 21.0. The van der Waals surface area contributed by atoms with E-state index in [1.807, 2.05) is 66.7 Å². The van der Waals surface area contributed by atoms with Crippen molar-refractivity contribution in [2.24, 2.45) is 0 Å². The van der Waals surface area contributed by atoms with Gasteiger partial charge in [0.05, 0.1) is 0 Å². The summed E-state index contributed by atoms with van der Waals surface area (Å²) in [4.78, 5) is 0.